The van der Waals surface area contributed by atoms with Gasteiger partial charge in [-0.25, -0.2) is 0 Å². The second-order valence-corrected chi connectivity index (χ2v) is 3.66. The minimum absolute atomic E-state index is 0.0990. The molecule has 0 saturated carbocycles. The number of hydrogen-bond acceptors (Lipinski definition) is 3. The Hall–Kier alpha value is -2.49. The quantitative estimate of drug-likeness (QED) is 0.686. The van der Waals surface area contributed by atoms with E-state index < -0.39 is 0 Å². The van der Waals surface area contributed by atoms with Crippen LogP contribution in [0.4, 0.5) is 0 Å². The van der Waals surface area contributed by atoms with E-state index in [1.807, 2.05) is 24.3 Å². The fraction of sp³-hybridized carbons (Fsp3) is 0. The molecule has 0 aliphatic rings. The first-order chi connectivity index (χ1) is 8.36. The normalized spacial score (nSPS) is 10.6. The molecule has 3 rings (SSSR count). The minimum Gasteiger partial charge on any atom is -0.287 e. The van der Waals surface area contributed by atoms with E-state index in [-0.39, 0.29) is 5.43 Å². The molecular weight excluding hydrogens is 214 g/mol. The van der Waals surface area contributed by atoms with E-state index in [0.717, 1.165) is 5.52 Å². The van der Waals surface area contributed by atoms with Crippen molar-refractivity contribution >= 4 is 10.9 Å². The molecular formula is C13H9N3O. The maximum atomic E-state index is 12.2. The van der Waals surface area contributed by atoms with Crippen molar-refractivity contribution in [3.05, 3.63) is 58.9 Å². The van der Waals surface area contributed by atoms with Gasteiger partial charge in [0.05, 0.1) is 11.2 Å². The van der Waals surface area contributed by atoms with E-state index in [1.54, 1.807) is 24.4 Å². The van der Waals surface area contributed by atoms with Gasteiger partial charge in [-0.05, 0) is 24.3 Å². The summed E-state index contributed by atoms with van der Waals surface area (Å²) >= 11 is 0. The highest BCUT2D eigenvalue weighted by atomic mass is 16.1. The monoisotopic (exact) mass is 223 g/mol. The van der Waals surface area contributed by atoms with Crippen LogP contribution in [0.1, 0.15) is 0 Å². The van der Waals surface area contributed by atoms with Crippen LogP contribution in [-0.4, -0.2) is 15.2 Å². The van der Waals surface area contributed by atoms with Crippen LogP contribution in [-0.2, 0) is 0 Å². The van der Waals surface area contributed by atoms with Crippen molar-refractivity contribution in [3.8, 4) is 11.4 Å². The number of hydrogen-bond donors (Lipinski definition) is 1. The van der Waals surface area contributed by atoms with Gasteiger partial charge in [-0.1, -0.05) is 18.2 Å². The van der Waals surface area contributed by atoms with E-state index in [9.17, 15) is 4.79 Å². The predicted octanol–water partition coefficient (Wildman–Crippen LogP) is 1.99. The molecule has 0 saturated heterocycles. The summed E-state index contributed by atoms with van der Waals surface area (Å²) in [7, 11) is 0. The summed E-state index contributed by atoms with van der Waals surface area (Å²) in [4.78, 5) is 16.3. The summed E-state index contributed by atoms with van der Waals surface area (Å²) in [5.74, 6) is 0. The van der Waals surface area contributed by atoms with Crippen molar-refractivity contribution in [1.29, 1.82) is 0 Å². The molecule has 0 aliphatic heterocycles. The van der Waals surface area contributed by atoms with Crippen molar-refractivity contribution in [3.63, 3.8) is 0 Å². The smallest absolute Gasteiger partial charge is 0.217 e. The first kappa shape index (κ1) is 9.72. The lowest BCUT2D eigenvalue weighted by atomic mass is 10.1. The van der Waals surface area contributed by atoms with Gasteiger partial charge in [0, 0.05) is 11.6 Å². The zero-order chi connectivity index (χ0) is 11.7. The average molecular weight is 223 g/mol. The Labute approximate surface area is 97.0 Å². The molecule has 0 fully saturated rings. The number of aromatic nitrogens is 3. The van der Waals surface area contributed by atoms with E-state index in [0.29, 0.717) is 16.8 Å². The number of para-hydroxylation sites is 1. The molecule has 4 nitrogen and oxygen atoms in total. The topological polar surface area (TPSA) is 58.6 Å². The highest BCUT2D eigenvalue weighted by Crippen LogP contribution is 2.12. The fourth-order valence-electron chi connectivity index (χ4n) is 1.75. The second kappa shape index (κ2) is 3.83. The third-order valence-electron chi connectivity index (χ3n) is 2.58. The van der Waals surface area contributed by atoms with Gasteiger partial charge in [0.15, 0.2) is 5.69 Å². The van der Waals surface area contributed by atoms with Crippen LogP contribution in [0.5, 0.6) is 0 Å². The van der Waals surface area contributed by atoms with Crippen molar-refractivity contribution in [1.82, 2.24) is 15.2 Å². The zero-order valence-electron chi connectivity index (χ0n) is 8.92. The Morgan fingerprint density at radius 1 is 1.00 bits per heavy atom. The summed E-state index contributed by atoms with van der Waals surface area (Å²) < 4.78 is 0. The third kappa shape index (κ3) is 1.59. The molecule has 17 heavy (non-hydrogen) atoms. The first-order valence-electron chi connectivity index (χ1n) is 5.25. The molecule has 82 valence electrons. The van der Waals surface area contributed by atoms with Crippen LogP contribution in [0.25, 0.3) is 22.3 Å². The van der Waals surface area contributed by atoms with Gasteiger partial charge in [-0.2, -0.15) is 5.10 Å². The molecule has 0 atom stereocenters. The summed E-state index contributed by atoms with van der Waals surface area (Å²) in [5, 5.41) is 7.57. The Balaban J connectivity index is 2.33. The lowest BCUT2D eigenvalue weighted by Gasteiger charge is -2.00. The molecule has 0 radical (unpaired) electrons. The molecule has 2 aromatic heterocycles. The largest absolute Gasteiger partial charge is 0.287 e. The molecule has 0 bridgehead atoms. The number of pyridine rings is 1. The van der Waals surface area contributed by atoms with Crippen LogP contribution in [0, 0.1) is 0 Å². The highest BCUT2D eigenvalue weighted by Gasteiger charge is 2.08. The molecule has 2 heterocycles. The lowest BCUT2D eigenvalue weighted by molar-refractivity contribution is 1.06. The number of aromatic amines is 1. The first-order valence-corrected chi connectivity index (χ1v) is 5.25. The van der Waals surface area contributed by atoms with Gasteiger partial charge < -0.3 is 0 Å². The molecule has 0 unspecified atom stereocenters. The van der Waals surface area contributed by atoms with Crippen molar-refractivity contribution in [2.24, 2.45) is 0 Å². The molecule has 1 aromatic carbocycles. The van der Waals surface area contributed by atoms with E-state index in [4.69, 9.17) is 0 Å². The maximum Gasteiger partial charge on any atom is 0.217 e. The average Bonchev–Trinajstić information content (AvgIpc) is 2.40. The Kier molecular flexibility index (Phi) is 2.19. The summed E-state index contributed by atoms with van der Waals surface area (Å²) in [5.41, 5.74) is 1.57. The standard InChI is InChI=1S/C13H9N3O/c17-13-9-5-1-2-6-10(9)15-16-12(13)11-7-3-4-8-14-11/h1-8H,(H,15,17). The minimum atomic E-state index is -0.0990. The number of benzene rings is 1. The molecule has 1 N–H and O–H groups in total. The Morgan fingerprint density at radius 2 is 1.82 bits per heavy atom. The number of H-pyrrole nitrogens is 1. The van der Waals surface area contributed by atoms with Crippen LogP contribution >= 0.6 is 0 Å². The van der Waals surface area contributed by atoms with Crippen LogP contribution in [0.3, 0.4) is 0 Å². The Morgan fingerprint density at radius 3 is 2.65 bits per heavy atom. The van der Waals surface area contributed by atoms with Crippen molar-refractivity contribution in [2.45, 2.75) is 0 Å². The number of nitrogens with one attached hydrogen (secondary N) is 1. The Bertz CT molecular complexity index is 719. The van der Waals surface area contributed by atoms with Crippen LogP contribution in [0.2, 0.25) is 0 Å². The second-order valence-electron chi connectivity index (χ2n) is 3.66. The number of rotatable bonds is 1. The van der Waals surface area contributed by atoms with Gasteiger partial charge in [0.1, 0.15) is 0 Å². The van der Waals surface area contributed by atoms with Crippen molar-refractivity contribution in [2.75, 3.05) is 0 Å². The zero-order valence-corrected chi connectivity index (χ0v) is 8.92. The van der Waals surface area contributed by atoms with Crippen LogP contribution in [0.15, 0.2) is 53.5 Å². The molecule has 0 spiro atoms. The molecule has 0 amide bonds. The SMILES string of the molecule is O=c1c(-c2ccccn2)n[nH]c2ccccc12. The maximum absolute atomic E-state index is 12.2. The fourth-order valence-corrected chi connectivity index (χ4v) is 1.75. The lowest BCUT2D eigenvalue weighted by Crippen LogP contribution is -2.10. The molecule has 3 aromatic rings. The van der Waals surface area contributed by atoms with Crippen molar-refractivity contribution < 1.29 is 0 Å². The third-order valence-corrected chi connectivity index (χ3v) is 2.58. The highest BCUT2D eigenvalue weighted by molar-refractivity contribution is 5.80. The number of nitrogens with zero attached hydrogens (tertiary/aromatic N) is 2. The van der Waals surface area contributed by atoms with Gasteiger partial charge in [-0.15, -0.1) is 0 Å². The van der Waals surface area contributed by atoms with Crippen LogP contribution < -0.4 is 5.43 Å². The molecule has 4 heteroatoms. The van der Waals surface area contributed by atoms with E-state index in [1.165, 1.54) is 0 Å². The van der Waals surface area contributed by atoms with Gasteiger partial charge in [0.25, 0.3) is 0 Å². The van der Waals surface area contributed by atoms with Gasteiger partial charge in [0.2, 0.25) is 5.43 Å². The summed E-state index contributed by atoms with van der Waals surface area (Å²) in [6.45, 7) is 0. The summed E-state index contributed by atoms with van der Waals surface area (Å²) in [6.07, 6.45) is 1.64. The number of fused-ring (bicyclic) bond motifs is 1. The summed E-state index contributed by atoms with van der Waals surface area (Å²) in [6, 6.07) is 12.7. The van der Waals surface area contributed by atoms with E-state index >= 15 is 0 Å². The predicted molar refractivity (Wildman–Crippen MR) is 65.6 cm³/mol. The van der Waals surface area contributed by atoms with Gasteiger partial charge in [-0.3, -0.25) is 14.9 Å². The van der Waals surface area contributed by atoms with Gasteiger partial charge >= 0.3 is 0 Å². The van der Waals surface area contributed by atoms with E-state index in [2.05, 4.69) is 15.2 Å². The molecule has 0 aliphatic carbocycles.